The first kappa shape index (κ1) is 24.9. The van der Waals surface area contributed by atoms with Gasteiger partial charge in [0.15, 0.2) is 0 Å². The molecule has 0 radical (unpaired) electrons. The maximum Gasteiger partial charge on any atom is 0.319 e. The second-order valence-corrected chi connectivity index (χ2v) is 7.78. The number of anilines is 1. The number of non-ortho nitro benzene ring substituents is 1. The summed E-state index contributed by atoms with van der Waals surface area (Å²) in [5.74, 6) is 0. The Morgan fingerprint density at radius 1 is 0.793 bits per heavy atom. The van der Waals surface area contributed by atoms with Gasteiger partial charge in [0.05, 0.1) is 4.92 Å². The molecule has 0 aliphatic rings. The monoisotopic (exact) mass is 405 g/mol. The number of amides is 2. The maximum absolute atomic E-state index is 11.8. The summed E-state index contributed by atoms with van der Waals surface area (Å²) in [5.41, 5.74) is 0.562. The number of hydrogen-bond donors (Lipinski definition) is 2. The molecule has 1 aromatic carbocycles. The summed E-state index contributed by atoms with van der Waals surface area (Å²) in [6, 6.07) is 5.55. The molecular formula is C23H39N3O3. The fourth-order valence-electron chi connectivity index (χ4n) is 3.36. The van der Waals surface area contributed by atoms with Crippen molar-refractivity contribution in [3.05, 3.63) is 34.4 Å². The largest absolute Gasteiger partial charge is 0.338 e. The summed E-state index contributed by atoms with van der Waals surface area (Å²) in [6.45, 7) is 2.91. The summed E-state index contributed by atoms with van der Waals surface area (Å²) >= 11 is 0. The normalized spacial score (nSPS) is 10.7. The molecule has 0 unspecified atom stereocenters. The summed E-state index contributed by atoms with van der Waals surface area (Å²) in [7, 11) is 0. The van der Waals surface area contributed by atoms with Crippen LogP contribution in [0.2, 0.25) is 0 Å². The van der Waals surface area contributed by atoms with E-state index in [2.05, 4.69) is 17.6 Å². The summed E-state index contributed by atoms with van der Waals surface area (Å²) in [4.78, 5) is 22.0. The lowest BCUT2D eigenvalue weighted by atomic mass is 10.0. The Kier molecular flexibility index (Phi) is 14.4. The summed E-state index contributed by atoms with van der Waals surface area (Å²) in [6.07, 6.45) is 18.4. The highest BCUT2D eigenvalue weighted by atomic mass is 16.6. The number of nitro groups is 1. The average Bonchev–Trinajstić information content (AvgIpc) is 2.71. The van der Waals surface area contributed by atoms with Crippen LogP contribution in [0.5, 0.6) is 0 Å². The van der Waals surface area contributed by atoms with Crippen LogP contribution in [0.15, 0.2) is 24.3 Å². The van der Waals surface area contributed by atoms with Crippen molar-refractivity contribution in [2.45, 2.75) is 96.8 Å². The van der Waals surface area contributed by atoms with E-state index in [1.165, 1.54) is 101 Å². The fraction of sp³-hybridized carbons (Fsp3) is 0.696. The van der Waals surface area contributed by atoms with Gasteiger partial charge in [0, 0.05) is 24.4 Å². The van der Waals surface area contributed by atoms with Crippen molar-refractivity contribution < 1.29 is 9.72 Å². The van der Waals surface area contributed by atoms with Crippen molar-refractivity contribution in [3.8, 4) is 0 Å². The molecular weight excluding hydrogens is 366 g/mol. The predicted octanol–water partition coefficient (Wildman–Crippen LogP) is 7.20. The predicted molar refractivity (Wildman–Crippen MR) is 120 cm³/mol. The highest BCUT2D eigenvalue weighted by Crippen LogP contribution is 2.15. The minimum Gasteiger partial charge on any atom is -0.338 e. The number of rotatable bonds is 17. The van der Waals surface area contributed by atoms with E-state index in [4.69, 9.17) is 0 Å². The average molecular weight is 406 g/mol. The van der Waals surface area contributed by atoms with Crippen molar-refractivity contribution >= 4 is 17.4 Å². The Labute approximate surface area is 176 Å². The Morgan fingerprint density at radius 2 is 1.24 bits per heavy atom. The van der Waals surface area contributed by atoms with E-state index in [1.54, 1.807) is 0 Å². The van der Waals surface area contributed by atoms with Gasteiger partial charge in [-0.1, -0.05) is 90.4 Å². The molecule has 0 fully saturated rings. The smallest absolute Gasteiger partial charge is 0.319 e. The molecule has 1 aromatic rings. The van der Waals surface area contributed by atoms with E-state index in [1.807, 2.05) is 0 Å². The fourth-order valence-corrected chi connectivity index (χ4v) is 3.36. The zero-order chi connectivity index (χ0) is 21.2. The number of nitrogens with one attached hydrogen (secondary N) is 2. The molecule has 6 heteroatoms. The van der Waals surface area contributed by atoms with Crippen molar-refractivity contribution in [1.82, 2.24) is 5.32 Å². The van der Waals surface area contributed by atoms with E-state index in [9.17, 15) is 14.9 Å². The molecule has 29 heavy (non-hydrogen) atoms. The number of nitrogens with zero attached hydrogens (tertiary/aromatic N) is 1. The van der Waals surface area contributed by atoms with Gasteiger partial charge in [-0.2, -0.15) is 0 Å². The Morgan fingerprint density at radius 3 is 1.69 bits per heavy atom. The molecule has 2 N–H and O–H groups in total. The lowest BCUT2D eigenvalue weighted by molar-refractivity contribution is -0.384. The molecule has 0 bridgehead atoms. The Bertz CT molecular complexity index is 561. The molecule has 6 nitrogen and oxygen atoms in total. The molecule has 0 spiro atoms. The molecule has 0 heterocycles. The molecule has 0 saturated carbocycles. The molecule has 0 atom stereocenters. The first-order valence-electron chi connectivity index (χ1n) is 11.4. The van der Waals surface area contributed by atoms with Crippen molar-refractivity contribution in [1.29, 1.82) is 0 Å². The van der Waals surface area contributed by atoms with Crippen LogP contribution in [0.1, 0.15) is 96.8 Å². The van der Waals surface area contributed by atoms with E-state index in [0.29, 0.717) is 12.2 Å². The maximum atomic E-state index is 11.8. The van der Waals surface area contributed by atoms with Gasteiger partial charge in [0.1, 0.15) is 0 Å². The molecule has 0 saturated heterocycles. The van der Waals surface area contributed by atoms with E-state index < -0.39 is 4.92 Å². The van der Waals surface area contributed by atoms with Gasteiger partial charge < -0.3 is 10.6 Å². The van der Waals surface area contributed by atoms with Gasteiger partial charge in [-0.25, -0.2) is 4.79 Å². The van der Waals surface area contributed by atoms with Crippen LogP contribution in [0.4, 0.5) is 16.2 Å². The lowest BCUT2D eigenvalue weighted by Gasteiger charge is -2.07. The molecule has 0 aliphatic heterocycles. The van der Waals surface area contributed by atoms with E-state index >= 15 is 0 Å². The van der Waals surface area contributed by atoms with Crippen LogP contribution < -0.4 is 10.6 Å². The minimum absolute atomic E-state index is 0.0124. The van der Waals surface area contributed by atoms with Crippen molar-refractivity contribution in [2.75, 3.05) is 11.9 Å². The topological polar surface area (TPSA) is 84.3 Å². The third-order valence-electron chi connectivity index (χ3n) is 5.15. The minimum atomic E-state index is -0.459. The number of hydrogen-bond acceptors (Lipinski definition) is 3. The van der Waals surface area contributed by atoms with Gasteiger partial charge in [-0.3, -0.25) is 10.1 Å². The van der Waals surface area contributed by atoms with Crippen LogP contribution in [-0.2, 0) is 0 Å². The first-order chi connectivity index (χ1) is 14.1. The van der Waals surface area contributed by atoms with E-state index in [0.717, 1.165) is 12.8 Å². The third kappa shape index (κ3) is 13.7. The van der Waals surface area contributed by atoms with Gasteiger partial charge in [-0.05, 0) is 18.6 Å². The number of carbonyl (C=O) groups is 1. The van der Waals surface area contributed by atoms with Gasteiger partial charge in [-0.15, -0.1) is 0 Å². The molecule has 164 valence electrons. The third-order valence-corrected chi connectivity index (χ3v) is 5.15. The molecule has 0 aromatic heterocycles. The second-order valence-electron chi connectivity index (χ2n) is 7.78. The highest BCUT2D eigenvalue weighted by molar-refractivity contribution is 5.89. The molecule has 1 rings (SSSR count). The molecule has 0 aliphatic carbocycles. The van der Waals surface area contributed by atoms with Crippen LogP contribution in [0.25, 0.3) is 0 Å². The van der Waals surface area contributed by atoms with Crippen LogP contribution >= 0.6 is 0 Å². The Hall–Kier alpha value is -2.11. The first-order valence-corrected chi connectivity index (χ1v) is 11.4. The number of nitro benzene ring substituents is 1. The Balaban J connectivity index is 1.88. The van der Waals surface area contributed by atoms with E-state index in [-0.39, 0.29) is 11.7 Å². The number of unbranched alkanes of at least 4 members (excludes halogenated alkanes) is 13. The number of carbonyl (C=O) groups excluding carboxylic acids is 1. The summed E-state index contributed by atoms with van der Waals surface area (Å²) < 4.78 is 0. The van der Waals surface area contributed by atoms with Gasteiger partial charge in [0.25, 0.3) is 5.69 Å². The quantitative estimate of drug-likeness (QED) is 0.163. The van der Waals surface area contributed by atoms with Crippen LogP contribution in [0.3, 0.4) is 0 Å². The van der Waals surface area contributed by atoms with Gasteiger partial charge >= 0.3 is 6.03 Å². The second kappa shape index (κ2) is 16.8. The summed E-state index contributed by atoms with van der Waals surface area (Å²) in [5, 5.41) is 16.1. The number of benzene rings is 1. The van der Waals surface area contributed by atoms with Crippen LogP contribution in [0, 0.1) is 10.1 Å². The van der Waals surface area contributed by atoms with Crippen LogP contribution in [-0.4, -0.2) is 17.5 Å². The lowest BCUT2D eigenvalue weighted by Crippen LogP contribution is -2.29. The van der Waals surface area contributed by atoms with Crippen molar-refractivity contribution in [2.24, 2.45) is 0 Å². The SMILES string of the molecule is CCCCCCCCCCCCCCCCNC(=O)Nc1ccc([N+](=O)[O-])cc1. The van der Waals surface area contributed by atoms with Crippen molar-refractivity contribution in [3.63, 3.8) is 0 Å². The molecule has 2 amide bonds. The highest BCUT2D eigenvalue weighted by Gasteiger charge is 2.05. The number of urea groups is 1. The van der Waals surface area contributed by atoms with Gasteiger partial charge in [0.2, 0.25) is 0 Å². The standard InChI is InChI=1S/C23H39N3O3/c1-2-3-4-5-6-7-8-9-10-11-12-13-14-15-20-24-23(27)25-21-16-18-22(19-17-21)26(28)29/h16-19H,2-15,20H2,1H3,(H2,24,25,27). The zero-order valence-electron chi connectivity index (χ0n) is 18.1. The zero-order valence-corrected chi connectivity index (χ0v) is 18.1.